The van der Waals surface area contributed by atoms with Gasteiger partial charge in [0.2, 0.25) is 0 Å². The molecule has 0 unspecified atom stereocenters. The van der Waals surface area contributed by atoms with Gasteiger partial charge in [-0.25, -0.2) is 5.01 Å². The fraction of sp³-hybridized carbons (Fsp3) is 0.455. The number of ether oxygens (including phenoxy) is 1. The Bertz CT molecular complexity index is 914. The Kier molecular flexibility index (Phi) is 10.1. The van der Waals surface area contributed by atoms with E-state index in [1.54, 1.807) is 5.01 Å². The van der Waals surface area contributed by atoms with Crippen LogP contribution in [-0.4, -0.2) is 36.1 Å². The van der Waals surface area contributed by atoms with E-state index in [4.69, 9.17) is 10.6 Å². The summed E-state index contributed by atoms with van der Waals surface area (Å²) < 4.78 is 85.4. The van der Waals surface area contributed by atoms with Gasteiger partial charge < -0.3 is 9.84 Å². The van der Waals surface area contributed by atoms with Crippen molar-refractivity contribution in [3.63, 3.8) is 0 Å². The number of nitrogens with zero attached hydrogens (tertiary/aromatic N) is 1. The topological polar surface area (TPSA) is 58.7 Å². The second kappa shape index (κ2) is 11.3. The number of rotatable bonds is 5. The first-order chi connectivity index (χ1) is 14.9. The summed E-state index contributed by atoms with van der Waals surface area (Å²) >= 11 is 0. The van der Waals surface area contributed by atoms with Crippen LogP contribution in [0, 0.1) is 5.92 Å². The van der Waals surface area contributed by atoms with Crippen LogP contribution in [0.15, 0.2) is 48.5 Å². The molecule has 0 radical (unpaired) electrons. The molecule has 0 amide bonds. The molecule has 0 aliphatic carbocycles. The Morgan fingerprint density at radius 1 is 1.00 bits per heavy atom. The van der Waals surface area contributed by atoms with Gasteiger partial charge in [0.25, 0.3) is 5.60 Å². The van der Waals surface area contributed by atoms with Crippen LogP contribution in [0.3, 0.4) is 0 Å². The molecule has 1 fully saturated rings. The standard InChI is InChI=1S/C22H24F6N2O2.2ClH/c1-32-18-10-9-17(20(31,21(23,24)25)22(26,27)28)13-16(18)12-15-8-5-11-30(29)19(15)14-6-3-2-4-7-14;;/h2-4,6-7,9-10,13,15,19,31H,5,8,11-12,29H2,1H3;2*1H/t15-,19+;;/m0../s1. The fourth-order valence-electron chi connectivity index (χ4n) is 4.37. The van der Waals surface area contributed by atoms with E-state index in [9.17, 15) is 31.4 Å². The first-order valence-electron chi connectivity index (χ1n) is 9.99. The molecule has 0 saturated carbocycles. The van der Waals surface area contributed by atoms with Gasteiger partial charge >= 0.3 is 12.4 Å². The van der Waals surface area contributed by atoms with Crippen LogP contribution in [0.4, 0.5) is 26.3 Å². The maximum absolute atomic E-state index is 13.4. The Morgan fingerprint density at radius 2 is 1.59 bits per heavy atom. The van der Waals surface area contributed by atoms with E-state index in [0.29, 0.717) is 19.0 Å². The van der Waals surface area contributed by atoms with E-state index < -0.39 is 23.5 Å². The van der Waals surface area contributed by atoms with E-state index in [1.165, 1.54) is 7.11 Å². The van der Waals surface area contributed by atoms with Crippen LogP contribution >= 0.6 is 24.8 Å². The number of hydrogen-bond acceptors (Lipinski definition) is 4. The van der Waals surface area contributed by atoms with E-state index in [-0.39, 0.29) is 54.5 Å². The molecule has 2 atom stereocenters. The molecule has 0 aromatic heterocycles. The highest BCUT2D eigenvalue weighted by atomic mass is 35.5. The number of piperidine rings is 1. The third kappa shape index (κ3) is 5.73. The Balaban J connectivity index is 0.00000289. The molecule has 2 aromatic carbocycles. The number of hydrazine groups is 1. The lowest BCUT2D eigenvalue weighted by Gasteiger charge is -2.39. The number of halogens is 8. The van der Waals surface area contributed by atoms with Gasteiger partial charge in [-0.1, -0.05) is 36.4 Å². The molecule has 0 bridgehead atoms. The molecular formula is C22H26Cl2F6N2O2. The zero-order valence-corrected chi connectivity index (χ0v) is 19.7. The molecule has 2 aromatic rings. The minimum atomic E-state index is -5.96. The van der Waals surface area contributed by atoms with Crippen molar-refractivity contribution in [2.45, 2.75) is 43.3 Å². The first kappa shape index (κ1) is 30.3. The molecule has 192 valence electrons. The molecule has 1 heterocycles. The third-order valence-electron chi connectivity index (χ3n) is 5.94. The molecule has 12 heteroatoms. The van der Waals surface area contributed by atoms with Gasteiger partial charge in [0.05, 0.1) is 13.2 Å². The van der Waals surface area contributed by atoms with Crippen molar-refractivity contribution >= 4 is 24.8 Å². The maximum atomic E-state index is 13.4. The molecule has 4 nitrogen and oxygen atoms in total. The maximum Gasteiger partial charge on any atom is 0.430 e. The van der Waals surface area contributed by atoms with Crippen molar-refractivity contribution in [2.75, 3.05) is 13.7 Å². The average molecular weight is 535 g/mol. The summed E-state index contributed by atoms with van der Waals surface area (Å²) in [4.78, 5) is 0. The van der Waals surface area contributed by atoms with Crippen molar-refractivity contribution in [2.24, 2.45) is 11.8 Å². The van der Waals surface area contributed by atoms with E-state index in [1.807, 2.05) is 30.3 Å². The summed E-state index contributed by atoms with van der Waals surface area (Å²) in [6, 6.07) is 11.3. The first-order valence-corrected chi connectivity index (χ1v) is 9.99. The molecule has 1 aliphatic heterocycles. The number of alkyl halides is 6. The quantitative estimate of drug-likeness (QED) is 0.380. The van der Waals surface area contributed by atoms with Crippen molar-refractivity contribution in [3.8, 4) is 5.75 Å². The molecule has 0 spiro atoms. The lowest BCUT2D eigenvalue weighted by atomic mass is 9.80. The highest BCUT2D eigenvalue weighted by Gasteiger charge is 2.71. The summed E-state index contributed by atoms with van der Waals surface area (Å²) in [5, 5.41) is 11.4. The molecule has 1 aliphatic rings. The monoisotopic (exact) mass is 534 g/mol. The van der Waals surface area contributed by atoms with Crippen LogP contribution < -0.4 is 10.6 Å². The summed E-state index contributed by atoms with van der Waals surface area (Å²) in [6.45, 7) is 0.606. The summed E-state index contributed by atoms with van der Waals surface area (Å²) in [6.07, 6.45) is -10.4. The molecular weight excluding hydrogens is 509 g/mol. The summed E-state index contributed by atoms with van der Waals surface area (Å²) in [5.41, 5.74) is -5.26. The lowest BCUT2D eigenvalue weighted by molar-refractivity contribution is -0.376. The predicted molar refractivity (Wildman–Crippen MR) is 120 cm³/mol. The van der Waals surface area contributed by atoms with Crippen molar-refractivity contribution < 1.29 is 36.2 Å². The highest BCUT2D eigenvalue weighted by molar-refractivity contribution is 5.85. The number of aliphatic hydroxyl groups is 1. The number of methoxy groups -OCH3 is 1. The SMILES string of the molecule is COc1ccc(C(O)(C(F)(F)F)C(F)(F)F)cc1C[C@@H]1CCCN(N)[C@@H]1c1ccccc1.Cl.Cl. The Hall–Kier alpha value is -1.72. The minimum Gasteiger partial charge on any atom is -0.496 e. The van der Waals surface area contributed by atoms with Crippen LogP contribution in [0.1, 0.15) is 35.6 Å². The van der Waals surface area contributed by atoms with Crippen LogP contribution in [0.25, 0.3) is 0 Å². The van der Waals surface area contributed by atoms with Gasteiger partial charge in [-0.3, -0.25) is 5.84 Å². The van der Waals surface area contributed by atoms with Gasteiger partial charge in [0, 0.05) is 12.1 Å². The summed E-state index contributed by atoms with van der Waals surface area (Å²) in [5.74, 6) is 6.15. The molecule has 3 rings (SSSR count). The normalized spacial score (nSPS) is 19.7. The molecule has 34 heavy (non-hydrogen) atoms. The van der Waals surface area contributed by atoms with E-state index in [2.05, 4.69) is 0 Å². The van der Waals surface area contributed by atoms with Gasteiger partial charge in [0.1, 0.15) is 5.75 Å². The number of hydrogen-bond donors (Lipinski definition) is 2. The van der Waals surface area contributed by atoms with Crippen LogP contribution in [0.5, 0.6) is 5.75 Å². The Labute approximate surface area is 205 Å². The molecule has 1 saturated heterocycles. The van der Waals surface area contributed by atoms with Gasteiger partial charge in [-0.05, 0) is 48.4 Å². The third-order valence-corrected chi connectivity index (χ3v) is 5.94. The van der Waals surface area contributed by atoms with Crippen molar-refractivity contribution in [1.29, 1.82) is 0 Å². The fourth-order valence-corrected chi connectivity index (χ4v) is 4.37. The highest BCUT2D eigenvalue weighted by Crippen LogP contribution is 2.51. The van der Waals surface area contributed by atoms with Crippen molar-refractivity contribution in [3.05, 3.63) is 65.2 Å². The Morgan fingerprint density at radius 3 is 2.12 bits per heavy atom. The van der Waals surface area contributed by atoms with Crippen LogP contribution in [-0.2, 0) is 12.0 Å². The number of benzene rings is 2. The average Bonchev–Trinajstić information content (AvgIpc) is 2.72. The second-order valence-corrected chi connectivity index (χ2v) is 7.93. The van der Waals surface area contributed by atoms with E-state index in [0.717, 1.165) is 24.1 Å². The largest absolute Gasteiger partial charge is 0.496 e. The minimum absolute atomic E-state index is 0. The van der Waals surface area contributed by atoms with E-state index >= 15 is 0 Å². The summed E-state index contributed by atoms with van der Waals surface area (Å²) in [7, 11) is 1.28. The number of nitrogens with two attached hydrogens (primary N) is 1. The smallest absolute Gasteiger partial charge is 0.430 e. The molecule has 3 N–H and O–H groups in total. The van der Waals surface area contributed by atoms with Gasteiger partial charge in [-0.15, -0.1) is 24.8 Å². The van der Waals surface area contributed by atoms with Gasteiger partial charge in [-0.2, -0.15) is 26.3 Å². The predicted octanol–water partition coefficient (Wildman–Crippen LogP) is 5.72. The van der Waals surface area contributed by atoms with Gasteiger partial charge in [0.15, 0.2) is 0 Å². The zero-order chi connectivity index (χ0) is 23.7. The second-order valence-electron chi connectivity index (χ2n) is 7.93. The van der Waals surface area contributed by atoms with Crippen LogP contribution in [0.2, 0.25) is 0 Å². The lowest BCUT2D eigenvalue weighted by Crippen LogP contribution is -2.54. The van der Waals surface area contributed by atoms with Crippen molar-refractivity contribution in [1.82, 2.24) is 5.01 Å². The zero-order valence-electron chi connectivity index (χ0n) is 18.1.